The predicted molar refractivity (Wildman–Crippen MR) is 95.5 cm³/mol. The summed E-state index contributed by atoms with van der Waals surface area (Å²) in [5, 5.41) is 8.76. The van der Waals surface area contributed by atoms with Gasteiger partial charge in [0.2, 0.25) is 5.91 Å². The standard InChI is InChI=1S/C18H18ClN3O2/c1-20-18(24)22-14-4-2-3-13(9-14)21-17(23)16-10-15(16)11-5-7-12(19)8-6-11/h2-9,15-16H,10H2,1H3,(H,21,23)(H2,20,22,24)/t15-,16+/m0/s1. The molecule has 0 spiro atoms. The lowest BCUT2D eigenvalue weighted by molar-refractivity contribution is -0.117. The van der Waals surface area contributed by atoms with Crippen molar-refractivity contribution in [2.75, 3.05) is 17.7 Å². The van der Waals surface area contributed by atoms with Crippen LogP contribution in [0.5, 0.6) is 0 Å². The van der Waals surface area contributed by atoms with Gasteiger partial charge in [0, 0.05) is 29.4 Å². The number of amides is 3. The molecule has 1 aliphatic rings. The van der Waals surface area contributed by atoms with Crippen molar-refractivity contribution in [3.63, 3.8) is 0 Å². The Balaban J connectivity index is 1.61. The highest BCUT2D eigenvalue weighted by Crippen LogP contribution is 2.48. The highest BCUT2D eigenvalue weighted by molar-refractivity contribution is 6.30. The molecule has 0 unspecified atom stereocenters. The molecule has 2 aromatic rings. The van der Waals surface area contributed by atoms with Gasteiger partial charge in [0.05, 0.1) is 0 Å². The van der Waals surface area contributed by atoms with E-state index in [0.717, 1.165) is 12.0 Å². The maximum absolute atomic E-state index is 12.4. The van der Waals surface area contributed by atoms with Crippen molar-refractivity contribution in [3.05, 3.63) is 59.1 Å². The monoisotopic (exact) mass is 343 g/mol. The van der Waals surface area contributed by atoms with Crippen LogP contribution in [0.3, 0.4) is 0 Å². The molecule has 0 bridgehead atoms. The molecule has 0 aromatic heterocycles. The first kappa shape index (κ1) is 16.3. The van der Waals surface area contributed by atoms with Crippen LogP contribution in [0, 0.1) is 5.92 Å². The number of benzene rings is 2. The maximum atomic E-state index is 12.4. The highest BCUT2D eigenvalue weighted by Gasteiger charge is 2.43. The summed E-state index contributed by atoms with van der Waals surface area (Å²) in [6.07, 6.45) is 0.837. The number of carbonyl (C=O) groups is 2. The average Bonchev–Trinajstić information content (AvgIpc) is 3.36. The molecule has 6 heteroatoms. The second-order valence-electron chi connectivity index (χ2n) is 5.77. The molecule has 0 radical (unpaired) electrons. The lowest BCUT2D eigenvalue weighted by Crippen LogP contribution is -2.24. The van der Waals surface area contributed by atoms with Crippen molar-refractivity contribution < 1.29 is 9.59 Å². The van der Waals surface area contributed by atoms with Gasteiger partial charge >= 0.3 is 6.03 Å². The Hall–Kier alpha value is -2.53. The number of hydrogen-bond acceptors (Lipinski definition) is 2. The van der Waals surface area contributed by atoms with E-state index in [9.17, 15) is 9.59 Å². The smallest absolute Gasteiger partial charge is 0.318 e. The van der Waals surface area contributed by atoms with Crippen LogP contribution in [-0.2, 0) is 4.79 Å². The number of urea groups is 1. The summed E-state index contributed by atoms with van der Waals surface area (Å²) in [7, 11) is 1.55. The Morgan fingerprint density at radius 2 is 1.71 bits per heavy atom. The van der Waals surface area contributed by atoms with E-state index >= 15 is 0 Å². The number of anilines is 2. The largest absolute Gasteiger partial charge is 0.341 e. The van der Waals surface area contributed by atoms with E-state index < -0.39 is 0 Å². The summed E-state index contributed by atoms with van der Waals surface area (Å²) in [4.78, 5) is 23.7. The number of nitrogens with one attached hydrogen (secondary N) is 3. The topological polar surface area (TPSA) is 70.2 Å². The van der Waals surface area contributed by atoms with Crippen molar-refractivity contribution in [2.45, 2.75) is 12.3 Å². The number of carbonyl (C=O) groups excluding carboxylic acids is 2. The van der Waals surface area contributed by atoms with Crippen LogP contribution >= 0.6 is 11.6 Å². The third-order valence-corrected chi connectivity index (χ3v) is 4.29. The van der Waals surface area contributed by atoms with Crippen molar-refractivity contribution in [2.24, 2.45) is 5.92 Å². The van der Waals surface area contributed by atoms with Crippen LogP contribution in [0.1, 0.15) is 17.9 Å². The summed E-state index contributed by atoms with van der Waals surface area (Å²) in [5.41, 5.74) is 2.42. The highest BCUT2D eigenvalue weighted by atomic mass is 35.5. The predicted octanol–water partition coefficient (Wildman–Crippen LogP) is 3.83. The SMILES string of the molecule is CNC(=O)Nc1cccc(NC(=O)[C@@H]2C[C@H]2c2ccc(Cl)cc2)c1. The van der Waals surface area contributed by atoms with Gasteiger partial charge in [0.1, 0.15) is 0 Å². The number of hydrogen-bond donors (Lipinski definition) is 3. The second-order valence-corrected chi connectivity index (χ2v) is 6.21. The first-order valence-electron chi connectivity index (χ1n) is 7.72. The third-order valence-electron chi connectivity index (χ3n) is 4.04. The molecule has 124 valence electrons. The first-order chi connectivity index (χ1) is 11.6. The zero-order chi connectivity index (χ0) is 17.1. The minimum atomic E-state index is -0.302. The molecule has 1 fully saturated rings. The van der Waals surface area contributed by atoms with Gasteiger partial charge in [0.15, 0.2) is 0 Å². The fourth-order valence-electron chi connectivity index (χ4n) is 2.67. The van der Waals surface area contributed by atoms with E-state index in [1.807, 2.05) is 24.3 Å². The Morgan fingerprint density at radius 3 is 2.38 bits per heavy atom. The molecule has 24 heavy (non-hydrogen) atoms. The lowest BCUT2D eigenvalue weighted by atomic mass is 10.1. The summed E-state index contributed by atoms with van der Waals surface area (Å²) in [6.45, 7) is 0. The maximum Gasteiger partial charge on any atom is 0.318 e. The summed E-state index contributed by atoms with van der Waals surface area (Å²) >= 11 is 5.89. The van der Waals surface area contributed by atoms with Crippen molar-refractivity contribution in [1.82, 2.24) is 5.32 Å². The van der Waals surface area contributed by atoms with E-state index in [2.05, 4.69) is 16.0 Å². The molecule has 1 saturated carbocycles. The van der Waals surface area contributed by atoms with Crippen LogP contribution < -0.4 is 16.0 Å². The van der Waals surface area contributed by atoms with Gasteiger partial charge in [0.25, 0.3) is 0 Å². The Bertz CT molecular complexity index is 761. The van der Waals surface area contributed by atoms with Gasteiger partial charge < -0.3 is 16.0 Å². The molecule has 5 nitrogen and oxygen atoms in total. The molecule has 3 amide bonds. The van der Waals surface area contributed by atoms with Gasteiger partial charge in [-0.25, -0.2) is 4.79 Å². The van der Waals surface area contributed by atoms with Gasteiger partial charge in [-0.05, 0) is 48.2 Å². The minimum absolute atomic E-state index is 0.00737. The summed E-state index contributed by atoms with van der Waals surface area (Å²) in [6, 6.07) is 14.4. The second kappa shape index (κ2) is 6.93. The van der Waals surface area contributed by atoms with Crippen LogP contribution in [0.25, 0.3) is 0 Å². The van der Waals surface area contributed by atoms with Crippen molar-refractivity contribution >= 4 is 34.9 Å². The Morgan fingerprint density at radius 1 is 1.04 bits per heavy atom. The van der Waals surface area contributed by atoms with Crippen molar-refractivity contribution in [1.29, 1.82) is 0 Å². The fraction of sp³-hybridized carbons (Fsp3) is 0.222. The molecule has 3 N–H and O–H groups in total. The van der Waals surface area contributed by atoms with E-state index in [4.69, 9.17) is 11.6 Å². The Labute approximate surface area is 145 Å². The van der Waals surface area contributed by atoms with E-state index in [1.54, 1.807) is 31.3 Å². The first-order valence-corrected chi connectivity index (χ1v) is 8.10. The van der Waals surface area contributed by atoms with E-state index in [1.165, 1.54) is 0 Å². The quantitative estimate of drug-likeness (QED) is 0.789. The van der Waals surface area contributed by atoms with Gasteiger partial charge in [-0.1, -0.05) is 29.8 Å². The zero-order valence-corrected chi connectivity index (χ0v) is 13.9. The number of rotatable bonds is 4. The fourth-order valence-corrected chi connectivity index (χ4v) is 2.79. The molecular formula is C18H18ClN3O2. The molecule has 0 heterocycles. The molecule has 2 aromatic carbocycles. The average molecular weight is 344 g/mol. The summed E-state index contributed by atoms with van der Waals surface area (Å²) < 4.78 is 0. The van der Waals surface area contributed by atoms with Crippen LogP contribution in [0.2, 0.25) is 5.02 Å². The molecule has 2 atom stereocenters. The molecule has 0 saturated heterocycles. The Kier molecular flexibility index (Phi) is 4.71. The van der Waals surface area contributed by atoms with Crippen LogP contribution in [-0.4, -0.2) is 19.0 Å². The van der Waals surface area contributed by atoms with Gasteiger partial charge in [-0.2, -0.15) is 0 Å². The minimum Gasteiger partial charge on any atom is -0.341 e. The van der Waals surface area contributed by atoms with Gasteiger partial charge in [-0.15, -0.1) is 0 Å². The van der Waals surface area contributed by atoms with Crippen molar-refractivity contribution in [3.8, 4) is 0 Å². The van der Waals surface area contributed by atoms with Crippen LogP contribution in [0.15, 0.2) is 48.5 Å². The van der Waals surface area contributed by atoms with E-state index in [-0.39, 0.29) is 23.8 Å². The van der Waals surface area contributed by atoms with Gasteiger partial charge in [-0.3, -0.25) is 4.79 Å². The van der Waals surface area contributed by atoms with E-state index in [0.29, 0.717) is 16.4 Å². The molecule has 0 aliphatic heterocycles. The molecular weight excluding hydrogens is 326 g/mol. The summed E-state index contributed by atoms with van der Waals surface area (Å²) in [5.74, 6) is 0.211. The third kappa shape index (κ3) is 3.86. The zero-order valence-electron chi connectivity index (χ0n) is 13.2. The number of halogens is 1. The van der Waals surface area contributed by atoms with Crippen LogP contribution in [0.4, 0.5) is 16.2 Å². The lowest BCUT2D eigenvalue weighted by Gasteiger charge is -2.08. The molecule has 1 aliphatic carbocycles. The molecule has 3 rings (SSSR count). The normalized spacial score (nSPS) is 18.6.